The summed E-state index contributed by atoms with van der Waals surface area (Å²) in [4.78, 5) is 11.4. The van der Waals surface area contributed by atoms with Gasteiger partial charge < -0.3 is 24.8 Å². The fourth-order valence-electron chi connectivity index (χ4n) is 2.21. The molecule has 24 heavy (non-hydrogen) atoms. The normalized spacial score (nSPS) is 10.0. The zero-order chi connectivity index (χ0) is 17.5. The highest BCUT2D eigenvalue weighted by Crippen LogP contribution is 2.40. The van der Waals surface area contributed by atoms with Crippen LogP contribution < -0.4 is 24.8 Å². The first-order valence-corrected chi connectivity index (χ1v) is 7.58. The number of rotatable bonds is 7. The number of carbonyl (C=O) groups excluding carboxylic acids is 1. The topological polar surface area (TPSA) is 68.8 Å². The molecule has 0 saturated heterocycles. The maximum absolute atomic E-state index is 11.4. The molecule has 0 atom stereocenters. The van der Waals surface area contributed by atoms with Crippen molar-refractivity contribution in [1.82, 2.24) is 0 Å². The minimum Gasteiger partial charge on any atom is -0.493 e. The SMILES string of the molecule is CCC(=O)Nc1ccc(Nc2cc(OC)c(OC)c(OC)c2)cc1. The number of hydrogen-bond donors (Lipinski definition) is 2. The van der Waals surface area contributed by atoms with Crippen LogP contribution in [-0.4, -0.2) is 27.2 Å². The van der Waals surface area contributed by atoms with Crippen molar-refractivity contribution in [2.75, 3.05) is 32.0 Å². The lowest BCUT2D eigenvalue weighted by Gasteiger charge is -2.15. The van der Waals surface area contributed by atoms with Crippen LogP contribution in [0.2, 0.25) is 0 Å². The second-order valence-electron chi connectivity index (χ2n) is 5.02. The second kappa shape index (κ2) is 8.10. The van der Waals surface area contributed by atoms with Gasteiger partial charge in [0.25, 0.3) is 0 Å². The maximum Gasteiger partial charge on any atom is 0.224 e. The number of carbonyl (C=O) groups is 1. The Morgan fingerprint density at radius 1 is 0.875 bits per heavy atom. The van der Waals surface area contributed by atoms with Crippen LogP contribution in [-0.2, 0) is 4.79 Å². The summed E-state index contributed by atoms with van der Waals surface area (Å²) < 4.78 is 16.0. The Labute approximate surface area is 141 Å². The first-order valence-electron chi connectivity index (χ1n) is 7.58. The van der Waals surface area contributed by atoms with Crippen molar-refractivity contribution in [2.24, 2.45) is 0 Å². The second-order valence-corrected chi connectivity index (χ2v) is 5.02. The molecule has 0 aliphatic rings. The van der Waals surface area contributed by atoms with Gasteiger partial charge in [0.05, 0.1) is 21.3 Å². The van der Waals surface area contributed by atoms with E-state index >= 15 is 0 Å². The molecule has 2 rings (SSSR count). The highest BCUT2D eigenvalue weighted by Gasteiger charge is 2.13. The van der Waals surface area contributed by atoms with Crippen LogP contribution in [0.1, 0.15) is 13.3 Å². The Kier molecular flexibility index (Phi) is 5.89. The molecule has 0 saturated carbocycles. The molecule has 0 unspecified atom stereocenters. The van der Waals surface area contributed by atoms with Crippen LogP contribution in [0.4, 0.5) is 17.1 Å². The first-order chi connectivity index (χ1) is 11.6. The van der Waals surface area contributed by atoms with Gasteiger partial charge in [-0.3, -0.25) is 4.79 Å². The first kappa shape index (κ1) is 17.5. The summed E-state index contributed by atoms with van der Waals surface area (Å²) in [5.74, 6) is 1.68. The summed E-state index contributed by atoms with van der Waals surface area (Å²) in [6.07, 6.45) is 0.450. The van der Waals surface area contributed by atoms with E-state index < -0.39 is 0 Å². The van der Waals surface area contributed by atoms with E-state index in [4.69, 9.17) is 14.2 Å². The largest absolute Gasteiger partial charge is 0.493 e. The minimum atomic E-state index is -0.0136. The molecule has 0 radical (unpaired) electrons. The molecule has 0 aromatic heterocycles. The fourth-order valence-corrected chi connectivity index (χ4v) is 2.21. The Hall–Kier alpha value is -2.89. The van der Waals surface area contributed by atoms with Crippen LogP contribution in [0.5, 0.6) is 17.2 Å². The molecule has 6 nitrogen and oxygen atoms in total. The summed E-state index contributed by atoms with van der Waals surface area (Å²) >= 11 is 0. The quantitative estimate of drug-likeness (QED) is 0.808. The smallest absolute Gasteiger partial charge is 0.224 e. The van der Waals surface area contributed by atoms with E-state index in [2.05, 4.69) is 10.6 Å². The molecule has 128 valence electrons. The van der Waals surface area contributed by atoms with Crippen LogP contribution in [0.3, 0.4) is 0 Å². The van der Waals surface area contributed by atoms with Gasteiger partial charge in [0.2, 0.25) is 11.7 Å². The predicted octanol–water partition coefficient (Wildman–Crippen LogP) is 3.80. The molecule has 0 fully saturated rings. The lowest BCUT2D eigenvalue weighted by Crippen LogP contribution is -2.09. The van der Waals surface area contributed by atoms with Crippen molar-refractivity contribution in [3.8, 4) is 17.2 Å². The number of anilines is 3. The standard InChI is InChI=1S/C18H22N2O4/c1-5-17(21)20-13-8-6-12(7-9-13)19-14-10-15(22-2)18(24-4)16(11-14)23-3/h6-11,19H,5H2,1-4H3,(H,20,21). The van der Waals surface area contributed by atoms with E-state index in [1.54, 1.807) is 21.3 Å². The average Bonchev–Trinajstić information content (AvgIpc) is 2.62. The number of ether oxygens (including phenoxy) is 3. The fraction of sp³-hybridized carbons (Fsp3) is 0.278. The zero-order valence-corrected chi connectivity index (χ0v) is 14.3. The summed E-state index contributed by atoms with van der Waals surface area (Å²) in [5, 5.41) is 6.08. The Morgan fingerprint density at radius 2 is 1.42 bits per heavy atom. The lowest BCUT2D eigenvalue weighted by atomic mass is 10.2. The number of hydrogen-bond acceptors (Lipinski definition) is 5. The summed E-state index contributed by atoms with van der Waals surface area (Å²) in [5.41, 5.74) is 2.44. The van der Waals surface area contributed by atoms with Crippen LogP contribution >= 0.6 is 0 Å². The van der Waals surface area contributed by atoms with Gasteiger partial charge in [0.15, 0.2) is 11.5 Å². The lowest BCUT2D eigenvalue weighted by molar-refractivity contribution is -0.115. The molecule has 0 aliphatic carbocycles. The van der Waals surface area contributed by atoms with Gasteiger partial charge in [-0.05, 0) is 24.3 Å². The van der Waals surface area contributed by atoms with Crippen molar-refractivity contribution in [3.05, 3.63) is 36.4 Å². The molecular formula is C18H22N2O4. The van der Waals surface area contributed by atoms with E-state index in [9.17, 15) is 4.79 Å². The average molecular weight is 330 g/mol. The summed E-state index contributed by atoms with van der Waals surface area (Å²) in [7, 11) is 4.72. The number of benzene rings is 2. The van der Waals surface area contributed by atoms with E-state index in [1.807, 2.05) is 43.3 Å². The number of methoxy groups -OCH3 is 3. The van der Waals surface area contributed by atoms with Gasteiger partial charge in [-0.25, -0.2) is 0 Å². The maximum atomic E-state index is 11.4. The highest BCUT2D eigenvalue weighted by molar-refractivity contribution is 5.90. The zero-order valence-electron chi connectivity index (χ0n) is 14.3. The highest BCUT2D eigenvalue weighted by atomic mass is 16.5. The van der Waals surface area contributed by atoms with Crippen molar-refractivity contribution in [2.45, 2.75) is 13.3 Å². The Morgan fingerprint density at radius 3 is 1.88 bits per heavy atom. The van der Waals surface area contributed by atoms with Crippen molar-refractivity contribution < 1.29 is 19.0 Å². The number of amides is 1. The van der Waals surface area contributed by atoms with Crippen molar-refractivity contribution in [1.29, 1.82) is 0 Å². The summed E-state index contributed by atoms with van der Waals surface area (Å²) in [6.45, 7) is 1.82. The van der Waals surface area contributed by atoms with Gasteiger partial charge in [0, 0.05) is 35.6 Å². The third-order valence-electron chi connectivity index (χ3n) is 3.44. The third-order valence-corrected chi connectivity index (χ3v) is 3.44. The Balaban J connectivity index is 2.20. The molecule has 2 N–H and O–H groups in total. The third kappa shape index (κ3) is 4.10. The molecule has 0 bridgehead atoms. The van der Waals surface area contributed by atoms with E-state index in [-0.39, 0.29) is 5.91 Å². The summed E-state index contributed by atoms with van der Waals surface area (Å²) in [6, 6.07) is 11.1. The van der Waals surface area contributed by atoms with Gasteiger partial charge in [-0.1, -0.05) is 6.92 Å². The van der Waals surface area contributed by atoms with Crippen molar-refractivity contribution >= 4 is 23.0 Å². The van der Waals surface area contributed by atoms with Gasteiger partial charge in [0.1, 0.15) is 0 Å². The number of nitrogens with one attached hydrogen (secondary N) is 2. The Bertz CT molecular complexity index is 674. The molecule has 0 heterocycles. The van der Waals surface area contributed by atoms with Crippen LogP contribution in [0, 0.1) is 0 Å². The van der Waals surface area contributed by atoms with Crippen LogP contribution in [0.25, 0.3) is 0 Å². The van der Waals surface area contributed by atoms with E-state index in [0.29, 0.717) is 23.7 Å². The molecule has 2 aromatic rings. The molecular weight excluding hydrogens is 308 g/mol. The minimum absolute atomic E-state index is 0.0136. The molecule has 1 amide bonds. The van der Waals surface area contributed by atoms with E-state index in [0.717, 1.165) is 17.1 Å². The van der Waals surface area contributed by atoms with Gasteiger partial charge in [-0.15, -0.1) is 0 Å². The van der Waals surface area contributed by atoms with E-state index in [1.165, 1.54) is 0 Å². The van der Waals surface area contributed by atoms with Gasteiger partial charge >= 0.3 is 0 Å². The van der Waals surface area contributed by atoms with Gasteiger partial charge in [-0.2, -0.15) is 0 Å². The molecule has 0 aliphatic heterocycles. The molecule has 6 heteroatoms. The molecule has 0 spiro atoms. The molecule has 2 aromatic carbocycles. The van der Waals surface area contributed by atoms with Crippen molar-refractivity contribution in [3.63, 3.8) is 0 Å². The van der Waals surface area contributed by atoms with Crippen LogP contribution in [0.15, 0.2) is 36.4 Å². The monoisotopic (exact) mass is 330 g/mol. The predicted molar refractivity (Wildman–Crippen MR) is 94.7 cm³/mol.